The van der Waals surface area contributed by atoms with Crippen molar-refractivity contribution in [2.45, 2.75) is 30.7 Å². The number of ether oxygens (including phenoxy) is 3. The first kappa shape index (κ1) is 20.4. The fourth-order valence-corrected chi connectivity index (χ4v) is 4.70. The quantitative estimate of drug-likeness (QED) is 0.686. The lowest BCUT2D eigenvalue weighted by molar-refractivity contribution is 0.0593. The van der Waals surface area contributed by atoms with Gasteiger partial charge in [-0.2, -0.15) is 0 Å². The fourth-order valence-electron chi connectivity index (χ4n) is 4.70. The van der Waals surface area contributed by atoms with Crippen molar-refractivity contribution in [2.24, 2.45) is 0 Å². The Hall–Kier alpha value is -2.86. The highest BCUT2D eigenvalue weighted by atomic mass is 19.1. The van der Waals surface area contributed by atoms with Crippen LogP contribution in [0.5, 0.6) is 11.5 Å². The molecule has 158 valence electrons. The number of hydrogen-bond acceptors (Lipinski definition) is 5. The summed E-state index contributed by atoms with van der Waals surface area (Å²) in [6, 6.07) is 11.6. The Kier molecular flexibility index (Phi) is 5.52. The molecule has 2 aromatic rings. The van der Waals surface area contributed by atoms with Crippen LogP contribution in [-0.4, -0.2) is 44.7 Å². The Morgan fingerprint density at radius 1 is 1.07 bits per heavy atom. The Balaban J connectivity index is 1.61. The van der Waals surface area contributed by atoms with Gasteiger partial charge in [-0.3, -0.25) is 4.90 Å². The average Bonchev–Trinajstić information content (AvgIpc) is 3.11. The van der Waals surface area contributed by atoms with Gasteiger partial charge >= 0.3 is 5.97 Å². The van der Waals surface area contributed by atoms with E-state index in [9.17, 15) is 9.18 Å². The molecular weight excluding hydrogens is 385 g/mol. The van der Waals surface area contributed by atoms with Gasteiger partial charge in [-0.1, -0.05) is 6.07 Å². The number of carbonyl (C=O) groups is 1. The third-order valence-corrected chi connectivity index (χ3v) is 6.38. The summed E-state index contributed by atoms with van der Waals surface area (Å²) < 4.78 is 29.7. The minimum atomic E-state index is -0.458. The molecule has 1 aliphatic carbocycles. The number of benzene rings is 2. The maximum atomic E-state index is 13.1. The summed E-state index contributed by atoms with van der Waals surface area (Å²) in [6.45, 7) is 0.953. The molecule has 0 saturated carbocycles. The lowest BCUT2D eigenvalue weighted by Gasteiger charge is -2.40. The van der Waals surface area contributed by atoms with Crippen molar-refractivity contribution in [3.63, 3.8) is 0 Å². The Bertz CT molecular complexity index is 972. The maximum Gasteiger partial charge on any atom is 0.343 e. The number of likely N-dealkylation sites (tertiary alicyclic amines) is 1. The molecule has 30 heavy (non-hydrogen) atoms. The van der Waals surface area contributed by atoms with E-state index in [0.717, 1.165) is 25.1 Å². The van der Waals surface area contributed by atoms with Crippen molar-refractivity contribution in [2.75, 3.05) is 27.8 Å². The first-order valence-electron chi connectivity index (χ1n) is 10.1. The van der Waals surface area contributed by atoms with Crippen molar-refractivity contribution < 1.29 is 23.4 Å². The van der Waals surface area contributed by atoms with Crippen molar-refractivity contribution >= 4 is 5.97 Å². The molecule has 0 N–H and O–H groups in total. The smallest absolute Gasteiger partial charge is 0.343 e. The highest BCUT2D eigenvalue weighted by Crippen LogP contribution is 2.49. The molecule has 1 fully saturated rings. The molecule has 0 amide bonds. The van der Waals surface area contributed by atoms with Gasteiger partial charge in [0.1, 0.15) is 11.6 Å². The van der Waals surface area contributed by atoms with Crippen molar-refractivity contribution in [3.8, 4) is 11.5 Å². The van der Waals surface area contributed by atoms with Crippen LogP contribution in [-0.2, 0) is 10.2 Å². The molecule has 0 aromatic heterocycles. The molecule has 0 spiro atoms. The number of nitrogens with zero attached hydrogens (tertiary/aromatic N) is 1. The van der Waals surface area contributed by atoms with Crippen LogP contribution in [0.25, 0.3) is 0 Å². The predicted molar refractivity (Wildman–Crippen MR) is 111 cm³/mol. The number of methoxy groups -OCH3 is 2. The van der Waals surface area contributed by atoms with Gasteiger partial charge in [0.2, 0.25) is 0 Å². The van der Waals surface area contributed by atoms with Crippen LogP contribution in [0.1, 0.15) is 35.2 Å². The highest BCUT2D eigenvalue weighted by Gasteiger charge is 2.48. The standard InChI is InChI=1S/C24H26FNO4/c1-26-13-12-24(17-6-9-20(28-2)21(14-17)29-3)11-10-19(15-22(24)26)30-23(27)16-4-7-18(25)8-5-16/h4-9,14-15,22H,10-13H2,1-3H3. The molecule has 1 heterocycles. The van der Waals surface area contributed by atoms with E-state index in [2.05, 4.69) is 30.2 Å². The highest BCUT2D eigenvalue weighted by molar-refractivity contribution is 5.90. The molecule has 0 radical (unpaired) electrons. The van der Waals surface area contributed by atoms with Crippen molar-refractivity contribution in [1.82, 2.24) is 4.90 Å². The molecule has 1 aliphatic heterocycles. The number of carbonyl (C=O) groups excluding carboxylic acids is 1. The molecule has 2 atom stereocenters. The van der Waals surface area contributed by atoms with Crippen LogP contribution in [0.15, 0.2) is 54.3 Å². The second-order valence-electron chi connectivity index (χ2n) is 7.93. The van der Waals surface area contributed by atoms with Gasteiger partial charge < -0.3 is 14.2 Å². The maximum absolute atomic E-state index is 13.1. The molecule has 2 aromatic carbocycles. The zero-order chi connectivity index (χ0) is 21.3. The van der Waals surface area contributed by atoms with Crippen LogP contribution in [0.3, 0.4) is 0 Å². The van der Waals surface area contributed by atoms with Gasteiger partial charge in [0, 0.05) is 17.9 Å². The summed E-state index contributed by atoms with van der Waals surface area (Å²) in [5.74, 6) is 1.26. The van der Waals surface area contributed by atoms with E-state index in [1.807, 2.05) is 6.07 Å². The molecule has 2 aliphatic rings. The molecule has 2 unspecified atom stereocenters. The van der Waals surface area contributed by atoms with Gasteiger partial charge in [0.05, 0.1) is 19.8 Å². The lowest BCUT2D eigenvalue weighted by atomic mass is 9.68. The normalized spacial score (nSPS) is 23.5. The van der Waals surface area contributed by atoms with Crippen LogP contribution in [0.2, 0.25) is 0 Å². The first-order chi connectivity index (χ1) is 14.5. The first-order valence-corrected chi connectivity index (χ1v) is 10.1. The second-order valence-corrected chi connectivity index (χ2v) is 7.93. The van der Waals surface area contributed by atoms with Crippen LogP contribution in [0, 0.1) is 5.82 Å². The third kappa shape index (κ3) is 3.56. The Labute approximate surface area is 176 Å². The zero-order valence-corrected chi connectivity index (χ0v) is 17.5. The van der Waals surface area contributed by atoms with E-state index in [0.29, 0.717) is 23.5 Å². The summed E-state index contributed by atoms with van der Waals surface area (Å²) in [7, 11) is 5.37. The van der Waals surface area contributed by atoms with Crippen molar-refractivity contribution in [1.29, 1.82) is 0 Å². The van der Waals surface area contributed by atoms with Crippen LogP contribution < -0.4 is 9.47 Å². The van der Waals surface area contributed by atoms with E-state index in [4.69, 9.17) is 14.2 Å². The van der Waals surface area contributed by atoms with Gasteiger partial charge in [-0.05, 0) is 74.5 Å². The summed E-state index contributed by atoms with van der Waals surface area (Å²) in [5.41, 5.74) is 1.48. The van der Waals surface area contributed by atoms with E-state index in [1.165, 1.54) is 29.8 Å². The Morgan fingerprint density at radius 3 is 2.50 bits per heavy atom. The summed E-state index contributed by atoms with van der Waals surface area (Å²) in [4.78, 5) is 14.8. The number of halogens is 1. The largest absolute Gasteiger partial charge is 0.493 e. The van der Waals surface area contributed by atoms with E-state index in [-0.39, 0.29) is 17.3 Å². The van der Waals surface area contributed by atoms with Crippen LogP contribution >= 0.6 is 0 Å². The number of esters is 1. The molecular formula is C24H26FNO4. The lowest BCUT2D eigenvalue weighted by Crippen LogP contribution is -2.42. The van der Waals surface area contributed by atoms with Gasteiger partial charge in [-0.15, -0.1) is 0 Å². The SMILES string of the molecule is COc1ccc(C23CCC(OC(=O)c4ccc(F)cc4)=CC2N(C)CC3)cc1OC. The molecule has 1 saturated heterocycles. The summed E-state index contributed by atoms with van der Waals surface area (Å²) in [5, 5.41) is 0. The monoisotopic (exact) mass is 411 g/mol. The topological polar surface area (TPSA) is 48.0 Å². The minimum Gasteiger partial charge on any atom is -0.493 e. The molecule has 4 rings (SSSR count). The van der Waals surface area contributed by atoms with E-state index >= 15 is 0 Å². The Morgan fingerprint density at radius 2 is 1.80 bits per heavy atom. The second kappa shape index (κ2) is 8.11. The van der Waals surface area contributed by atoms with Crippen LogP contribution in [0.4, 0.5) is 4.39 Å². The molecule has 0 bridgehead atoms. The summed E-state index contributed by atoms with van der Waals surface area (Å²) in [6.07, 6.45) is 4.60. The number of hydrogen-bond donors (Lipinski definition) is 0. The van der Waals surface area contributed by atoms with E-state index in [1.54, 1.807) is 14.2 Å². The third-order valence-electron chi connectivity index (χ3n) is 6.38. The van der Waals surface area contributed by atoms with E-state index < -0.39 is 5.97 Å². The number of fused-ring (bicyclic) bond motifs is 1. The molecule has 5 nitrogen and oxygen atoms in total. The molecule has 6 heteroatoms. The zero-order valence-electron chi connectivity index (χ0n) is 17.5. The predicted octanol–water partition coefficient (Wildman–Crippen LogP) is 4.32. The summed E-state index contributed by atoms with van der Waals surface area (Å²) >= 11 is 0. The number of allylic oxidation sites excluding steroid dienone is 1. The minimum absolute atomic E-state index is 0.0694. The van der Waals surface area contributed by atoms with Gasteiger partial charge in [0.25, 0.3) is 0 Å². The number of likely N-dealkylation sites (N-methyl/N-ethyl adjacent to an activating group) is 1. The fraction of sp³-hybridized carbons (Fsp3) is 0.375. The van der Waals surface area contributed by atoms with Gasteiger partial charge in [-0.25, -0.2) is 9.18 Å². The van der Waals surface area contributed by atoms with Gasteiger partial charge in [0.15, 0.2) is 11.5 Å². The average molecular weight is 411 g/mol. The number of rotatable bonds is 5. The van der Waals surface area contributed by atoms with Crippen molar-refractivity contribution in [3.05, 3.63) is 71.2 Å².